The highest BCUT2D eigenvalue weighted by atomic mass is 16.5. The fourth-order valence-electron chi connectivity index (χ4n) is 2.83. The molecule has 3 aromatic heterocycles. The Balaban J connectivity index is 1.50. The molecule has 6 nitrogen and oxygen atoms in total. The van der Waals surface area contributed by atoms with Crippen LogP contribution in [0.1, 0.15) is 11.3 Å². The van der Waals surface area contributed by atoms with Crippen molar-refractivity contribution < 1.29 is 9.53 Å². The number of pyridine rings is 2. The number of rotatable bonds is 5. The molecule has 0 spiro atoms. The van der Waals surface area contributed by atoms with Gasteiger partial charge < -0.3 is 14.5 Å². The van der Waals surface area contributed by atoms with E-state index in [9.17, 15) is 4.79 Å². The molecular formula is C21H18N4O2. The van der Waals surface area contributed by atoms with E-state index >= 15 is 0 Å². The molecule has 4 rings (SSSR count). The van der Waals surface area contributed by atoms with Gasteiger partial charge in [0.05, 0.1) is 18.3 Å². The Hall–Kier alpha value is -3.67. The van der Waals surface area contributed by atoms with E-state index in [-0.39, 0.29) is 12.3 Å². The van der Waals surface area contributed by atoms with Gasteiger partial charge >= 0.3 is 0 Å². The van der Waals surface area contributed by atoms with E-state index in [4.69, 9.17) is 4.74 Å². The van der Waals surface area contributed by atoms with Crippen LogP contribution in [0.4, 0.5) is 5.69 Å². The summed E-state index contributed by atoms with van der Waals surface area (Å²) in [5.74, 6) is 1.05. The molecule has 0 fully saturated rings. The first-order chi connectivity index (χ1) is 13.2. The van der Waals surface area contributed by atoms with Crippen LogP contribution in [0.2, 0.25) is 0 Å². The summed E-state index contributed by atoms with van der Waals surface area (Å²) >= 11 is 0. The number of nitrogens with one attached hydrogen (secondary N) is 1. The second-order valence-electron chi connectivity index (χ2n) is 6.17. The highest BCUT2D eigenvalue weighted by Crippen LogP contribution is 2.28. The van der Waals surface area contributed by atoms with Crippen LogP contribution in [-0.4, -0.2) is 20.3 Å². The quantitative estimate of drug-likeness (QED) is 0.585. The third kappa shape index (κ3) is 3.79. The van der Waals surface area contributed by atoms with Crippen molar-refractivity contribution in [3.05, 3.63) is 84.6 Å². The fourth-order valence-corrected chi connectivity index (χ4v) is 2.83. The van der Waals surface area contributed by atoms with Gasteiger partial charge in [-0.1, -0.05) is 24.3 Å². The van der Waals surface area contributed by atoms with Crippen LogP contribution in [0.5, 0.6) is 11.5 Å². The number of carbonyl (C=O) groups excluding carboxylic acids is 1. The Morgan fingerprint density at radius 1 is 1.15 bits per heavy atom. The summed E-state index contributed by atoms with van der Waals surface area (Å²) in [6.07, 6.45) is 7.15. The molecule has 0 radical (unpaired) electrons. The van der Waals surface area contributed by atoms with Gasteiger partial charge in [-0.05, 0) is 30.7 Å². The van der Waals surface area contributed by atoms with Gasteiger partial charge in [0.15, 0.2) is 5.75 Å². The molecule has 1 amide bonds. The SMILES string of the molecule is Cc1cccn2cc(CC(=O)Nc3cnccc3Oc3ccccc3)nc12. The van der Waals surface area contributed by atoms with Crippen molar-refractivity contribution in [3.63, 3.8) is 0 Å². The molecule has 27 heavy (non-hydrogen) atoms. The van der Waals surface area contributed by atoms with E-state index in [1.807, 2.05) is 66.2 Å². The van der Waals surface area contributed by atoms with Crippen molar-refractivity contribution >= 4 is 17.2 Å². The lowest BCUT2D eigenvalue weighted by Gasteiger charge is -2.11. The number of nitrogens with zero attached hydrogens (tertiary/aromatic N) is 3. The topological polar surface area (TPSA) is 68.5 Å². The van der Waals surface area contributed by atoms with Crippen LogP contribution in [0.3, 0.4) is 0 Å². The maximum Gasteiger partial charge on any atom is 0.230 e. The molecule has 3 heterocycles. The van der Waals surface area contributed by atoms with E-state index in [2.05, 4.69) is 15.3 Å². The molecule has 0 unspecified atom stereocenters. The number of amides is 1. The maximum atomic E-state index is 12.5. The summed E-state index contributed by atoms with van der Waals surface area (Å²) in [4.78, 5) is 21.1. The van der Waals surface area contributed by atoms with Crippen molar-refractivity contribution in [3.8, 4) is 11.5 Å². The van der Waals surface area contributed by atoms with Crippen LogP contribution in [0.15, 0.2) is 73.3 Å². The smallest absolute Gasteiger partial charge is 0.230 e. The van der Waals surface area contributed by atoms with Crippen molar-refractivity contribution in [2.24, 2.45) is 0 Å². The lowest BCUT2D eigenvalue weighted by atomic mass is 10.3. The second-order valence-corrected chi connectivity index (χ2v) is 6.17. The fraction of sp³-hybridized carbons (Fsp3) is 0.0952. The molecule has 0 aliphatic carbocycles. The van der Waals surface area contributed by atoms with Crippen molar-refractivity contribution in [1.82, 2.24) is 14.4 Å². The molecular weight excluding hydrogens is 340 g/mol. The van der Waals surface area contributed by atoms with Gasteiger partial charge in [-0.2, -0.15) is 0 Å². The number of carbonyl (C=O) groups is 1. The lowest BCUT2D eigenvalue weighted by molar-refractivity contribution is -0.115. The normalized spacial score (nSPS) is 10.7. The predicted octanol–water partition coefficient (Wildman–Crippen LogP) is 4.01. The highest BCUT2D eigenvalue weighted by Gasteiger charge is 2.12. The number of aromatic nitrogens is 3. The van der Waals surface area contributed by atoms with E-state index < -0.39 is 0 Å². The standard InChI is InChI=1S/C21H18N4O2/c1-15-6-5-11-25-14-16(23-21(15)25)12-20(26)24-18-13-22-10-9-19(18)27-17-7-3-2-4-8-17/h2-11,13-14H,12H2,1H3,(H,24,26). The lowest BCUT2D eigenvalue weighted by Crippen LogP contribution is -2.15. The molecule has 0 bridgehead atoms. The van der Waals surface area contributed by atoms with Gasteiger partial charge in [0.25, 0.3) is 0 Å². The summed E-state index contributed by atoms with van der Waals surface area (Å²) in [5, 5.41) is 2.86. The molecule has 1 aromatic carbocycles. The van der Waals surface area contributed by atoms with Crippen molar-refractivity contribution in [1.29, 1.82) is 0 Å². The molecule has 134 valence electrons. The summed E-state index contributed by atoms with van der Waals surface area (Å²) in [6, 6.07) is 15.1. The third-order valence-corrected chi connectivity index (χ3v) is 4.10. The Morgan fingerprint density at radius 2 is 2.00 bits per heavy atom. The van der Waals surface area contributed by atoms with Crippen molar-refractivity contribution in [2.45, 2.75) is 13.3 Å². The van der Waals surface area contributed by atoms with Gasteiger partial charge in [0.1, 0.15) is 17.1 Å². The number of para-hydroxylation sites is 1. The van der Waals surface area contributed by atoms with Crippen LogP contribution < -0.4 is 10.1 Å². The molecule has 0 saturated carbocycles. The van der Waals surface area contributed by atoms with Crippen LogP contribution >= 0.6 is 0 Å². The van der Waals surface area contributed by atoms with Crippen LogP contribution in [0.25, 0.3) is 5.65 Å². The molecule has 4 aromatic rings. The maximum absolute atomic E-state index is 12.5. The molecule has 1 N–H and O–H groups in total. The van der Waals surface area contributed by atoms with Crippen LogP contribution in [-0.2, 0) is 11.2 Å². The minimum Gasteiger partial charge on any atom is -0.455 e. The summed E-state index contributed by atoms with van der Waals surface area (Å²) < 4.78 is 7.77. The monoisotopic (exact) mass is 358 g/mol. The first-order valence-electron chi connectivity index (χ1n) is 8.59. The Kier molecular flexibility index (Phi) is 4.53. The average Bonchev–Trinajstić information content (AvgIpc) is 3.08. The number of benzene rings is 1. The van der Waals surface area contributed by atoms with E-state index in [0.717, 1.165) is 11.2 Å². The number of hydrogen-bond donors (Lipinski definition) is 1. The molecule has 6 heteroatoms. The average molecular weight is 358 g/mol. The predicted molar refractivity (Wildman–Crippen MR) is 103 cm³/mol. The van der Waals surface area contributed by atoms with Gasteiger partial charge in [0, 0.05) is 24.7 Å². The van der Waals surface area contributed by atoms with Gasteiger partial charge in [-0.15, -0.1) is 0 Å². The second kappa shape index (κ2) is 7.29. The summed E-state index contributed by atoms with van der Waals surface area (Å²) in [6.45, 7) is 2.00. The summed E-state index contributed by atoms with van der Waals surface area (Å²) in [5.41, 5.74) is 3.15. The number of ether oxygens (including phenoxy) is 1. The van der Waals surface area contributed by atoms with E-state index in [0.29, 0.717) is 22.9 Å². The zero-order chi connectivity index (χ0) is 18.6. The number of imidazole rings is 1. The van der Waals surface area contributed by atoms with Crippen molar-refractivity contribution in [2.75, 3.05) is 5.32 Å². The third-order valence-electron chi connectivity index (χ3n) is 4.10. The first-order valence-corrected chi connectivity index (χ1v) is 8.59. The van der Waals surface area contributed by atoms with E-state index in [1.54, 1.807) is 18.5 Å². The molecule has 0 atom stereocenters. The van der Waals surface area contributed by atoms with Gasteiger partial charge in [0.2, 0.25) is 5.91 Å². The molecule has 0 aliphatic heterocycles. The Morgan fingerprint density at radius 3 is 2.81 bits per heavy atom. The molecule has 0 saturated heterocycles. The number of fused-ring (bicyclic) bond motifs is 1. The number of hydrogen-bond acceptors (Lipinski definition) is 4. The zero-order valence-corrected chi connectivity index (χ0v) is 14.8. The largest absolute Gasteiger partial charge is 0.455 e. The van der Waals surface area contributed by atoms with Crippen LogP contribution in [0, 0.1) is 6.92 Å². The van der Waals surface area contributed by atoms with Gasteiger partial charge in [-0.25, -0.2) is 4.98 Å². The first kappa shape index (κ1) is 16.8. The molecule has 0 aliphatic rings. The number of anilines is 1. The highest BCUT2D eigenvalue weighted by molar-refractivity contribution is 5.93. The zero-order valence-electron chi connectivity index (χ0n) is 14.8. The number of aryl methyl sites for hydroxylation is 1. The minimum absolute atomic E-state index is 0.167. The Bertz CT molecular complexity index is 1090. The summed E-state index contributed by atoms with van der Waals surface area (Å²) in [7, 11) is 0. The Labute approximate surface area is 156 Å². The van der Waals surface area contributed by atoms with Gasteiger partial charge in [-0.3, -0.25) is 9.78 Å². The van der Waals surface area contributed by atoms with E-state index in [1.165, 1.54) is 0 Å². The minimum atomic E-state index is -0.179.